The fourth-order valence-corrected chi connectivity index (χ4v) is 2.38. The summed E-state index contributed by atoms with van der Waals surface area (Å²) in [5.74, 6) is -0.228. The molecule has 0 aliphatic rings. The Bertz CT molecular complexity index is 346. The minimum atomic E-state index is -0.228. The molecule has 1 rings (SSSR count). The van der Waals surface area contributed by atoms with Crippen molar-refractivity contribution >= 4 is 17.7 Å². The molecule has 0 fully saturated rings. The van der Waals surface area contributed by atoms with E-state index in [0.29, 0.717) is 0 Å². The zero-order chi connectivity index (χ0) is 12.2. The van der Waals surface area contributed by atoms with E-state index in [2.05, 4.69) is 26.0 Å². The first-order valence-electron chi connectivity index (χ1n) is 5.33. The number of hydrogen-bond acceptors (Lipinski definition) is 3. The topological polar surface area (TPSA) is 26.3 Å². The van der Waals surface area contributed by atoms with Gasteiger partial charge in [0.15, 0.2) is 0 Å². The monoisotopic (exact) mass is 238 g/mol. The summed E-state index contributed by atoms with van der Waals surface area (Å²) in [5, 5.41) is 0. The Balaban J connectivity index is 2.67. The minimum absolute atomic E-state index is 0.116. The largest absolute Gasteiger partial charge is 0.461 e. The van der Waals surface area contributed by atoms with Gasteiger partial charge in [-0.1, -0.05) is 18.2 Å². The summed E-state index contributed by atoms with van der Waals surface area (Å²) in [6, 6.07) is 10.1. The Hall–Kier alpha value is -0.960. The molecule has 0 aliphatic carbocycles. The Kier molecular flexibility index (Phi) is 4.42. The molecular formula is C13H18O2S. The third-order valence-corrected chi connectivity index (χ3v) is 3.81. The number of thioether (sulfide) groups is 1. The van der Waals surface area contributed by atoms with Crippen LogP contribution in [0.3, 0.4) is 0 Å². The average Bonchev–Trinajstić information content (AvgIpc) is 2.17. The van der Waals surface area contributed by atoms with Crippen LogP contribution in [0, 0.1) is 0 Å². The van der Waals surface area contributed by atoms with Gasteiger partial charge in [-0.25, -0.2) is 0 Å². The van der Waals surface area contributed by atoms with Crippen LogP contribution >= 0.6 is 11.8 Å². The van der Waals surface area contributed by atoms with Crippen LogP contribution in [0.4, 0.5) is 0 Å². The van der Waals surface area contributed by atoms with Gasteiger partial charge in [0, 0.05) is 11.8 Å². The fraction of sp³-hybridized carbons (Fsp3) is 0.462. The lowest BCUT2D eigenvalue weighted by Crippen LogP contribution is -2.33. The number of benzene rings is 1. The highest BCUT2D eigenvalue weighted by Crippen LogP contribution is 2.36. The molecule has 2 nitrogen and oxygen atoms in total. The molecule has 0 saturated heterocycles. The first-order valence-corrected chi connectivity index (χ1v) is 6.15. The highest BCUT2D eigenvalue weighted by atomic mass is 32.2. The molecule has 1 atom stereocenters. The van der Waals surface area contributed by atoms with E-state index < -0.39 is 0 Å². The van der Waals surface area contributed by atoms with Gasteiger partial charge in [0.05, 0.1) is 4.75 Å². The third-order valence-electron chi connectivity index (χ3n) is 2.45. The van der Waals surface area contributed by atoms with E-state index >= 15 is 0 Å². The lowest BCUT2D eigenvalue weighted by Gasteiger charge is -2.30. The highest BCUT2D eigenvalue weighted by molar-refractivity contribution is 8.00. The lowest BCUT2D eigenvalue weighted by atomic mass is 10.1. The molecule has 1 unspecified atom stereocenters. The molecule has 0 heterocycles. The van der Waals surface area contributed by atoms with Crippen molar-refractivity contribution in [1.29, 1.82) is 0 Å². The molecule has 88 valence electrons. The van der Waals surface area contributed by atoms with Gasteiger partial charge >= 0.3 is 5.97 Å². The van der Waals surface area contributed by atoms with Crippen LogP contribution in [-0.4, -0.2) is 16.8 Å². The smallest absolute Gasteiger partial charge is 0.302 e. The van der Waals surface area contributed by atoms with Crippen molar-refractivity contribution in [3.05, 3.63) is 30.3 Å². The van der Waals surface area contributed by atoms with Crippen LogP contribution in [-0.2, 0) is 9.53 Å². The molecule has 16 heavy (non-hydrogen) atoms. The average molecular weight is 238 g/mol. The quantitative estimate of drug-likeness (QED) is 0.593. The molecule has 3 heteroatoms. The third kappa shape index (κ3) is 3.89. The van der Waals surface area contributed by atoms with Crippen LogP contribution in [0.2, 0.25) is 0 Å². The molecule has 0 aliphatic heterocycles. The minimum Gasteiger partial charge on any atom is -0.461 e. The molecule has 0 bridgehead atoms. The Morgan fingerprint density at radius 1 is 1.31 bits per heavy atom. The van der Waals surface area contributed by atoms with Crippen LogP contribution in [0.25, 0.3) is 0 Å². The number of carbonyl (C=O) groups is 1. The van der Waals surface area contributed by atoms with E-state index in [0.717, 1.165) is 0 Å². The first kappa shape index (κ1) is 13.1. The van der Waals surface area contributed by atoms with Crippen LogP contribution in [0.15, 0.2) is 35.2 Å². The van der Waals surface area contributed by atoms with E-state index in [1.807, 2.05) is 25.1 Å². The van der Waals surface area contributed by atoms with Crippen LogP contribution < -0.4 is 0 Å². The second-order valence-electron chi connectivity index (χ2n) is 4.27. The SMILES string of the molecule is CC(=O)OC(C)C(C)(C)Sc1ccccc1. The number of ether oxygens (including phenoxy) is 1. The van der Waals surface area contributed by atoms with Gasteiger partial charge in [0.25, 0.3) is 0 Å². The fourth-order valence-electron chi connectivity index (χ4n) is 1.27. The Morgan fingerprint density at radius 2 is 1.88 bits per heavy atom. The van der Waals surface area contributed by atoms with E-state index in [1.165, 1.54) is 11.8 Å². The molecule has 0 N–H and O–H groups in total. The zero-order valence-corrected chi connectivity index (χ0v) is 11.0. The number of hydrogen-bond donors (Lipinski definition) is 0. The zero-order valence-electron chi connectivity index (χ0n) is 10.2. The second-order valence-corrected chi connectivity index (χ2v) is 6.00. The molecule has 1 aromatic carbocycles. The number of carbonyl (C=O) groups excluding carboxylic acids is 1. The Morgan fingerprint density at radius 3 is 2.38 bits per heavy atom. The van der Waals surface area contributed by atoms with Crippen molar-refractivity contribution in [3.8, 4) is 0 Å². The maximum absolute atomic E-state index is 10.9. The van der Waals surface area contributed by atoms with Crippen molar-refractivity contribution in [2.24, 2.45) is 0 Å². The second kappa shape index (κ2) is 5.39. The van der Waals surface area contributed by atoms with Gasteiger partial charge in [0.2, 0.25) is 0 Å². The standard InChI is InChI=1S/C13H18O2S/c1-10(15-11(2)14)13(3,4)16-12-8-6-5-7-9-12/h5-10H,1-4H3. The molecular weight excluding hydrogens is 220 g/mol. The van der Waals surface area contributed by atoms with Crippen LogP contribution in [0.1, 0.15) is 27.7 Å². The summed E-state index contributed by atoms with van der Waals surface area (Å²) < 4.78 is 5.10. The van der Waals surface area contributed by atoms with Crippen molar-refractivity contribution in [2.75, 3.05) is 0 Å². The summed E-state index contributed by atoms with van der Waals surface area (Å²) >= 11 is 1.72. The van der Waals surface area contributed by atoms with Crippen molar-refractivity contribution < 1.29 is 9.53 Å². The molecule has 0 spiro atoms. The predicted octanol–water partition coefficient (Wildman–Crippen LogP) is 3.51. The maximum atomic E-state index is 10.9. The van der Waals surface area contributed by atoms with Gasteiger partial charge < -0.3 is 4.74 Å². The van der Waals surface area contributed by atoms with E-state index in [9.17, 15) is 4.79 Å². The lowest BCUT2D eigenvalue weighted by molar-refractivity contribution is -0.146. The van der Waals surface area contributed by atoms with Crippen molar-refractivity contribution in [3.63, 3.8) is 0 Å². The maximum Gasteiger partial charge on any atom is 0.302 e. The summed E-state index contributed by atoms with van der Waals surface area (Å²) in [4.78, 5) is 12.1. The van der Waals surface area contributed by atoms with Gasteiger partial charge in [-0.3, -0.25) is 4.79 Å². The van der Waals surface area contributed by atoms with E-state index in [-0.39, 0.29) is 16.8 Å². The van der Waals surface area contributed by atoms with Gasteiger partial charge in [0.1, 0.15) is 6.10 Å². The van der Waals surface area contributed by atoms with Gasteiger partial charge in [-0.05, 0) is 32.9 Å². The van der Waals surface area contributed by atoms with Crippen LogP contribution in [0.5, 0.6) is 0 Å². The number of rotatable bonds is 4. The van der Waals surface area contributed by atoms with Crippen molar-refractivity contribution in [1.82, 2.24) is 0 Å². The Labute approximate surface area is 101 Å². The predicted molar refractivity (Wildman–Crippen MR) is 67.6 cm³/mol. The molecule has 0 saturated carbocycles. The number of esters is 1. The van der Waals surface area contributed by atoms with Crippen molar-refractivity contribution in [2.45, 2.75) is 43.4 Å². The summed E-state index contributed by atoms with van der Waals surface area (Å²) in [7, 11) is 0. The first-order chi connectivity index (χ1) is 7.42. The molecule has 0 radical (unpaired) electrons. The molecule has 0 aromatic heterocycles. The van der Waals surface area contributed by atoms with Gasteiger partial charge in [-0.2, -0.15) is 0 Å². The van der Waals surface area contributed by atoms with E-state index in [4.69, 9.17) is 4.74 Å². The summed E-state index contributed by atoms with van der Waals surface area (Å²) in [6.45, 7) is 7.54. The highest BCUT2D eigenvalue weighted by Gasteiger charge is 2.29. The summed E-state index contributed by atoms with van der Waals surface area (Å²) in [5.41, 5.74) is 0. The van der Waals surface area contributed by atoms with E-state index in [1.54, 1.807) is 11.8 Å². The molecule has 1 aromatic rings. The van der Waals surface area contributed by atoms with Gasteiger partial charge in [-0.15, -0.1) is 11.8 Å². The summed E-state index contributed by atoms with van der Waals surface area (Å²) in [6.07, 6.45) is -0.116. The molecule has 0 amide bonds. The normalized spacial score (nSPS) is 13.2.